The lowest BCUT2D eigenvalue weighted by Gasteiger charge is -2.23. The quantitative estimate of drug-likeness (QED) is 0.152. The van der Waals surface area contributed by atoms with Crippen LogP contribution in [0.3, 0.4) is 0 Å². The number of halogens is 6. The summed E-state index contributed by atoms with van der Waals surface area (Å²) in [4.78, 5) is 0. The van der Waals surface area contributed by atoms with E-state index in [-0.39, 0.29) is 22.5 Å². The van der Waals surface area contributed by atoms with Crippen LogP contribution in [0.1, 0.15) is 73.9 Å². The number of allylic oxidation sites excluding steroid dienone is 8. The molecule has 12 rings (SSSR count). The van der Waals surface area contributed by atoms with Gasteiger partial charge in [-0.3, -0.25) is 0 Å². The van der Waals surface area contributed by atoms with Crippen LogP contribution in [0, 0.1) is 27.7 Å². The minimum absolute atomic E-state index is 0.0820. The summed E-state index contributed by atoms with van der Waals surface area (Å²) in [6.45, 7) is 16.4. The van der Waals surface area contributed by atoms with E-state index in [1.54, 1.807) is 6.07 Å². The molecule has 0 fully saturated rings. The topological polar surface area (TPSA) is 9.86 Å². The summed E-state index contributed by atoms with van der Waals surface area (Å²) < 4.78 is 98.3. The Morgan fingerprint density at radius 1 is 0.346 bits per heavy atom. The van der Waals surface area contributed by atoms with Gasteiger partial charge < -0.3 is 9.13 Å². The number of hydrogen-bond acceptors (Lipinski definition) is 0. The molecule has 0 atom stereocenters. The van der Waals surface area contributed by atoms with E-state index in [0.717, 1.165) is 123 Å². The zero-order valence-corrected chi connectivity index (χ0v) is 44.7. The van der Waals surface area contributed by atoms with Crippen LogP contribution in [0.5, 0.6) is 0 Å². The van der Waals surface area contributed by atoms with E-state index in [0.29, 0.717) is 34.9 Å². The number of alkyl halides is 6. The standard InChI is InChI=1S/C70H56F6N2/c1-39-20-40(2)25-52(24-39)47-12-16-58-59-17-13-48(53-26-41(3)21-42(4)27-53)34-63(59)77(62(58)33-47)66-37-57(70(74,75)76)38-67(68(66)51-10-9-11-56(32-51)69(71,72)73)78-64-35-49(54-28-43(5)22-44(6)29-54)14-18-60(64)61-19-15-50(36-65(61)78)55-30-45(7)23-46(8)31-55/h9-28,30,32-38H,29,31H2,1-8H3. The van der Waals surface area contributed by atoms with Crippen molar-refractivity contribution in [3.05, 3.63) is 236 Å². The molecule has 8 aromatic carbocycles. The second-order valence-electron chi connectivity index (χ2n) is 22.0. The number of benzene rings is 8. The Morgan fingerprint density at radius 3 is 1.14 bits per heavy atom. The van der Waals surface area contributed by atoms with E-state index in [4.69, 9.17) is 0 Å². The Bertz CT molecular complexity index is 4220. The number of fused-ring (bicyclic) bond motifs is 6. The minimum atomic E-state index is -4.90. The van der Waals surface area contributed by atoms with E-state index >= 15 is 26.3 Å². The first-order valence-corrected chi connectivity index (χ1v) is 26.3. The molecule has 0 amide bonds. The van der Waals surface area contributed by atoms with Crippen molar-refractivity contribution in [1.82, 2.24) is 9.13 Å². The predicted octanol–water partition coefficient (Wildman–Crippen LogP) is 19.0. The Labute approximate surface area is 449 Å². The van der Waals surface area contributed by atoms with Crippen LogP contribution in [0.25, 0.3) is 99.5 Å². The third-order valence-electron chi connectivity index (χ3n) is 15.5. The van der Waals surface area contributed by atoms with Crippen molar-refractivity contribution in [2.24, 2.45) is 0 Å². The van der Waals surface area contributed by atoms with Gasteiger partial charge in [0.15, 0.2) is 0 Å². The molecule has 2 heterocycles. The number of hydrogen-bond donors (Lipinski definition) is 0. The molecule has 8 heteroatoms. The molecular formula is C70H56F6N2. The maximum atomic E-state index is 16.3. The van der Waals surface area contributed by atoms with E-state index in [9.17, 15) is 0 Å². The summed E-state index contributed by atoms with van der Waals surface area (Å²) in [5, 5.41) is 4.94. The molecule has 10 aromatic rings. The first-order chi connectivity index (χ1) is 37.1. The molecule has 0 saturated carbocycles. The Kier molecular flexibility index (Phi) is 12.1. The lowest BCUT2D eigenvalue weighted by molar-refractivity contribution is -0.138. The molecule has 0 N–H and O–H groups in total. The summed E-state index contributed by atoms with van der Waals surface area (Å²) in [5.74, 6) is 0. The van der Waals surface area contributed by atoms with Crippen molar-refractivity contribution in [3.63, 3.8) is 0 Å². The van der Waals surface area contributed by atoms with Crippen LogP contribution in [-0.2, 0) is 12.4 Å². The first-order valence-electron chi connectivity index (χ1n) is 26.3. The molecular weight excluding hydrogens is 983 g/mol. The summed E-state index contributed by atoms with van der Waals surface area (Å²) in [6, 6.07) is 44.2. The van der Waals surface area contributed by atoms with Gasteiger partial charge in [0, 0.05) is 27.1 Å². The normalized spacial score (nSPS) is 15.8. The largest absolute Gasteiger partial charge is 0.416 e. The van der Waals surface area contributed by atoms with Gasteiger partial charge in [0.05, 0.1) is 44.6 Å². The average Bonchev–Trinajstić information content (AvgIpc) is 4.06. The summed E-state index contributed by atoms with van der Waals surface area (Å²) >= 11 is 0. The first kappa shape index (κ1) is 50.5. The van der Waals surface area contributed by atoms with Gasteiger partial charge >= 0.3 is 12.4 Å². The second kappa shape index (κ2) is 18.7. The monoisotopic (exact) mass is 1040 g/mol. The Morgan fingerprint density at radius 2 is 0.744 bits per heavy atom. The van der Waals surface area contributed by atoms with Crippen LogP contribution >= 0.6 is 0 Å². The van der Waals surface area contributed by atoms with Crippen LogP contribution in [0.4, 0.5) is 26.3 Å². The van der Waals surface area contributed by atoms with E-state index in [2.05, 4.69) is 86.7 Å². The fourth-order valence-corrected chi connectivity index (χ4v) is 12.5. The summed E-state index contributed by atoms with van der Waals surface area (Å²) in [7, 11) is 0. The van der Waals surface area contributed by atoms with Gasteiger partial charge in [-0.1, -0.05) is 166 Å². The van der Waals surface area contributed by atoms with Gasteiger partial charge in [-0.2, -0.15) is 26.3 Å². The van der Waals surface area contributed by atoms with Crippen molar-refractivity contribution >= 4 is 54.8 Å². The van der Waals surface area contributed by atoms with Gasteiger partial charge in [-0.05, 0) is 166 Å². The second-order valence-corrected chi connectivity index (χ2v) is 22.0. The lowest BCUT2D eigenvalue weighted by atomic mass is 9.94. The molecule has 78 heavy (non-hydrogen) atoms. The molecule has 0 spiro atoms. The minimum Gasteiger partial charge on any atom is -0.308 e. The molecule has 2 aliphatic rings. The molecule has 0 aliphatic heterocycles. The highest BCUT2D eigenvalue weighted by Gasteiger charge is 2.36. The fraction of sp³-hybridized carbons (Fsp3) is 0.171. The van der Waals surface area contributed by atoms with Gasteiger partial charge in [0.25, 0.3) is 0 Å². The highest BCUT2D eigenvalue weighted by atomic mass is 19.4. The van der Waals surface area contributed by atoms with Gasteiger partial charge in [-0.15, -0.1) is 0 Å². The van der Waals surface area contributed by atoms with Crippen molar-refractivity contribution in [1.29, 1.82) is 0 Å². The number of aromatic nitrogens is 2. The molecule has 0 bridgehead atoms. The predicted molar refractivity (Wildman–Crippen MR) is 311 cm³/mol. The van der Waals surface area contributed by atoms with E-state index in [1.807, 2.05) is 111 Å². The maximum absolute atomic E-state index is 16.3. The fourth-order valence-electron chi connectivity index (χ4n) is 12.5. The number of nitrogens with zero attached hydrogens (tertiary/aromatic N) is 2. The molecule has 0 radical (unpaired) electrons. The zero-order chi connectivity index (χ0) is 54.7. The van der Waals surface area contributed by atoms with E-state index < -0.39 is 23.5 Å². The third kappa shape index (κ3) is 9.10. The smallest absolute Gasteiger partial charge is 0.308 e. The molecule has 0 unspecified atom stereocenters. The lowest BCUT2D eigenvalue weighted by Crippen LogP contribution is -2.13. The van der Waals surface area contributed by atoms with Gasteiger partial charge in [0.1, 0.15) is 0 Å². The Hall–Kier alpha value is -8.36. The molecule has 388 valence electrons. The van der Waals surface area contributed by atoms with Crippen molar-refractivity contribution in [2.45, 2.75) is 80.6 Å². The van der Waals surface area contributed by atoms with Crippen molar-refractivity contribution in [2.75, 3.05) is 0 Å². The van der Waals surface area contributed by atoms with Gasteiger partial charge in [0.2, 0.25) is 0 Å². The molecule has 2 nitrogen and oxygen atoms in total. The third-order valence-corrected chi connectivity index (χ3v) is 15.5. The average molecular weight is 1040 g/mol. The van der Waals surface area contributed by atoms with Crippen molar-refractivity contribution in [3.8, 4) is 44.8 Å². The van der Waals surface area contributed by atoms with Crippen LogP contribution in [0.2, 0.25) is 0 Å². The van der Waals surface area contributed by atoms with E-state index in [1.165, 1.54) is 17.2 Å². The molecule has 0 saturated heterocycles. The van der Waals surface area contributed by atoms with Crippen LogP contribution in [-0.4, -0.2) is 9.13 Å². The van der Waals surface area contributed by atoms with Gasteiger partial charge in [-0.25, -0.2) is 0 Å². The number of rotatable bonds is 5. The Balaban J connectivity index is 1.30. The number of aryl methyl sites for hydroxylation is 4. The van der Waals surface area contributed by atoms with Crippen LogP contribution in [0.15, 0.2) is 192 Å². The molecule has 2 aromatic heterocycles. The highest BCUT2D eigenvalue weighted by Crippen LogP contribution is 2.47. The summed E-state index contributed by atoms with van der Waals surface area (Å²) in [5.41, 5.74) is 15.4. The van der Waals surface area contributed by atoms with Crippen molar-refractivity contribution < 1.29 is 26.3 Å². The highest BCUT2D eigenvalue weighted by molar-refractivity contribution is 6.13. The maximum Gasteiger partial charge on any atom is 0.416 e. The summed E-state index contributed by atoms with van der Waals surface area (Å²) in [6.07, 6.45) is 0.260. The van der Waals surface area contributed by atoms with Crippen LogP contribution < -0.4 is 10.4 Å². The molecule has 2 aliphatic carbocycles. The zero-order valence-electron chi connectivity index (χ0n) is 44.7. The SMILES string of the molecule is CC1=CC(=c2ccc3c4ccc(=C5C=C(C)C=C(C)C5)cc4n(-c4cc(C(F)(F)F)cc(-n5c6cc(-c7cc(C)cc(C)c7)ccc6c6ccc(-c7cc(C)cc(C)c7)cc65)c4-c4cccc(C(F)(F)F)c4)c3c2)CC(C)=C1.